The summed E-state index contributed by atoms with van der Waals surface area (Å²) in [5.41, 5.74) is 1.32. The number of ether oxygens (including phenoxy) is 1. The maximum absolute atomic E-state index is 13.3. The van der Waals surface area contributed by atoms with Gasteiger partial charge in [0.1, 0.15) is 10.6 Å². The summed E-state index contributed by atoms with van der Waals surface area (Å²) in [6, 6.07) is 14.2. The summed E-state index contributed by atoms with van der Waals surface area (Å²) in [6.07, 6.45) is -3.58. The van der Waals surface area contributed by atoms with E-state index in [0.717, 1.165) is 6.21 Å². The first kappa shape index (κ1) is 24.9. The Bertz CT molecular complexity index is 1340. The Kier molecular flexibility index (Phi) is 7.38. The second-order valence-corrected chi connectivity index (χ2v) is 8.29. The summed E-state index contributed by atoms with van der Waals surface area (Å²) in [4.78, 5) is 11.8. The van der Waals surface area contributed by atoms with Crippen LogP contribution in [0.1, 0.15) is 28.4 Å². The SMILES string of the molecule is CCOc1ccccc1C(=O)NN=Cc1ccccc1-c1cc(C(F)(F)F)ccc1S(=O)(=O)O. The lowest BCUT2D eigenvalue weighted by atomic mass is 9.98. The molecule has 0 unspecified atom stereocenters. The van der Waals surface area contributed by atoms with Crippen molar-refractivity contribution in [3.8, 4) is 16.9 Å². The predicted molar refractivity (Wildman–Crippen MR) is 119 cm³/mol. The summed E-state index contributed by atoms with van der Waals surface area (Å²) in [5, 5.41) is 3.85. The minimum atomic E-state index is -4.84. The molecule has 0 saturated carbocycles. The number of rotatable bonds is 7. The molecule has 0 aromatic heterocycles. The average molecular weight is 492 g/mol. The lowest BCUT2D eigenvalue weighted by Gasteiger charge is -2.14. The molecule has 0 radical (unpaired) electrons. The molecule has 0 spiro atoms. The van der Waals surface area contributed by atoms with Gasteiger partial charge in [-0.1, -0.05) is 36.4 Å². The minimum Gasteiger partial charge on any atom is -0.493 e. The van der Waals surface area contributed by atoms with Gasteiger partial charge in [-0.25, -0.2) is 5.43 Å². The Labute approximate surface area is 193 Å². The predicted octanol–water partition coefficient (Wildman–Crippen LogP) is 4.78. The van der Waals surface area contributed by atoms with Gasteiger partial charge in [0, 0.05) is 11.1 Å². The summed E-state index contributed by atoms with van der Waals surface area (Å²) in [6.45, 7) is 2.10. The summed E-state index contributed by atoms with van der Waals surface area (Å²) in [5.74, 6) is -0.240. The highest BCUT2D eigenvalue weighted by atomic mass is 32.2. The van der Waals surface area contributed by atoms with Gasteiger partial charge in [0.05, 0.1) is 23.9 Å². The van der Waals surface area contributed by atoms with Crippen molar-refractivity contribution in [1.29, 1.82) is 0 Å². The zero-order valence-electron chi connectivity index (χ0n) is 17.7. The van der Waals surface area contributed by atoms with Crippen LogP contribution >= 0.6 is 0 Å². The van der Waals surface area contributed by atoms with Crippen LogP contribution in [0.5, 0.6) is 5.75 Å². The van der Waals surface area contributed by atoms with Crippen LogP contribution in [0.25, 0.3) is 11.1 Å². The Morgan fingerprint density at radius 1 is 1.06 bits per heavy atom. The molecular weight excluding hydrogens is 473 g/mol. The molecule has 0 fully saturated rings. The molecule has 178 valence electrons. The van der Waals surface area contributed by atoms with E-state index >= 15 is 0 Å². The number of carbonyl (C=O) groups is 1. The summed E-state index contributed by atoms with van der Waals surface area (Å²) in [7, 11) is -4.84. The van der Waals surface area contributed by atoms with Crippen LogP contribution in [-0.4, -0.2) is 31.7 Å². The number of hydrogen-bond acceptors (Lipinski definition) is 5. The number of amides is 1. The van der Waals surface area contributed by atoms with E-state index in [0.29, 0.717) is 30.6 Å². The zero-order chi connectivity index (χ0) is 24.9. The van der Waals surface area contributed by atoms with Crippen LogP contribution in [0.4, 0.5) is 13.2 Å². The van der Waals surface area contributed by atoms with Gasteiger partial charge in [-0.2, -0.15) is 26.7 Å². The number of hydrazone groups is 1. The first-order chi connectivity index (χ1) is 16.0. The molecule has 0 aliphatic heterocycles. The lowest BCUT2D eigenvalue weighted by molar-refractivity contribution is -0.137. The molecule has 3 rings (SSSR count). The van der Waals surface area contributed by atoms with E-state index in [2.05, 4.69) is 10.5 Å². The van der Waals surface area contributed by atoms with Gasteiger partial charge in [-0.05, 0) is 42.8 Å². The minimum absolute atomic E-state index is 0.0499. The van der Waals surface area contributed by atoms with Crippen molar-refractivity contribution in [2.45, 2.75) is 18.0 Å². The van der Waals surface area contributed by atoms with E-state index in [1.165, 1.54) is 24.3 Å². The average Bonchev–Trinajstić information content (AvgIpc) is 2.78. The van der Waals surface area contributed by atoms with E-state index in [1.54, 1.807) is 31.2 Å². The standard InChI is InChI=1S/C23H19F3N2O5S/c1-2-33-20-10-6-5-9-18(20)22(29)28-27-14-15-7-3-4-8-17(15)19-13-16(23(24,25)26)11-12-21(19)34(30,31)32/h3-14H,2H2,1H3,(H,28,29)(H,30,31,32). The molecule has 11 heteroatoms. The molecule has 0 bridgehead atoms. The van der Waals surface area contributed by atoms with Crippen molar-refractivity contribution in [1.82, 2.24) is 5.43 Å². The smallest absolute Gasteiger partial charge is 0.416 e. The fourth-order valence-electron chi connectivity index (χ4n) is 3.15. The van der Waals surface area contributed by atoms with Crippen LogP contribution in [0.3, 0.4) is 0 Å². The monoisotopic (exact) mass is 492 g/mol. The number of alkyl halides is 3. The number of carbonyl (C=O) groups excluding carboxylic acids is 1. The third-order valence-corrected chi connectivity index (χ3v) is 5.55. The maximum Gasteiger partial charge on any atom is 0.416 e. The van der Waals surface area contributed by atoms with Crippen molar-refractivity contribution in [3.63, 3.8) is 0 Å². The van der Waals surface area contributed by atoms with Crippen molar-refractivity contribution in [3.05, 3.63) is 83.4 Å². The first-order valence-electron chi connectivity index (χ1n) is 9.85. The molecule has 0 saturated heterocycles. The number of para-hydroxylation sites is 1. The van der Waals surface area contributed by atoms with Gasteiger partial charge in [-0.3, -0.25) is 9.35 Å². The van der Waals surface area contributed by atoms with Crippen LogP contribution in [0.15, 0.2) is 76.7 Å². The Balaban J connectivity index is 1.99. The number of nitrogens with zero attached hydrogens (tertiary/aromatic N) is 1. The highest BCUT2D eigenvalue weighted by Gasteiger charge is 2.32. The fourth-order valence-corrected chi connectivity index (χ4v) is 3.84. The van der Waals surface area contributed by atoms with Crippen LogP contribution < -0.4 is 10.2 Å². The molecule has 1 amide bonds. The van der Waals surface area contributed by atoms with Gasteiger partial charge >= 0.3 is 6.18 Å². The number of hydrogen-bond donors (Lipinski definition) is 2. The molecule has 0 heterocycles. The molecule has 2 N–H and O–H groups in total. The van der Waals surface area contributed by atoms with Gasteiger partial charge in [-0.15, -0.1) is 0 Å². The van der Waals surface area contributed by atoms with Crippen LogP contribution in [0.2, 0.25) is 0 Å². The summed E-state index contributed by atoms with van der Waals surface area (Å²) >= 11 is 0. The van der Waals surface area contributed by atoms with E-state index in [4.69, 9.17) is 4.74 Å². The second-order valence-electron chi connectivity index (χ2n) is 6.90. The molecule has 3 aromatic carbocycles. The normalized spacial score (nSPS) is 12.0. The van der Waals surface area contributed by atoms with E-state index in [9.17, 15) is 30.9 Å². The topological polar surface area (TPSA) is 105 Å². The summed E-state index contributed by atoms with van der Waals surface area (Å²) < 4.78 is 78.3. The second kappa shape index (κ2) is 10.1. The van der Waals surface area contributed by atoms with Crippen molar-refractivity contribution >= 4 is 22.2 Å². The number of halogens is 3. The number of nitrogens with one attached hydrogen (secondary N) is 1. The lowest BCUT2D eigenvalue weighted by Crippen LogP contribution is -2.18. The van der Waals surface area contributed by atoms with Gasteiger partial charge in [0.2, 0.25) is 0 Å². The first-order valence-corrected chi connectivity index (χ1v) is 11.3. The van der Waals surface area contributed by atoms with Crippen LogP contribution in [0, 0.1) is 0 Å². The Hall–Kier alpha value is -3.70. The molecule has 7 nitrogen and oxygen atoms in total. The van der Waals surface area contributed by atoms with Crippen molar-refractivity contribution in [2.24, 2.45) is 5.10 Å². The van der Waals surface area contributed by atoms with E-state index in [1.807, 2.05) is 0 Å². The third-order valence-electron chi connectivity index (χ3n) is 4.64. The molecule has 0 aliphatic carbocycles. The van der Waals surface area contributed by atoms with Gasteiger partial charge in [0.15, 0.2) is 0 Å². The van der Waals surface area contributed by atoms with Gasteiger partial charge < -0.3 is 4.74 Å². The van der Waals surface area contributed by atoms with Gasteiger partial charge in [0.25, 0.3) is 16.0 Å². The van der Waals surface area contributed by atoms with E-state index < -0.39 is 32.7 Å². The molecule has 3 aromatic rings. The highest BCUT2D eigenvalue weighted by Crippen LogP contribution is 2.36. The maximum atomic E-state index is 13.3. The molecule has 0 aliphatic rings. The van der Waals surface area contributed by atoms with Crippen LogP contribution in [-0.2, 0) is 16.3 Å². The highest BCUT2D eigenvalue weighted by molar-refractivity contribution is 7.86. The zero-order valence-corrected chi connectivity index (χ0v) is 18.5. The van der Waals surface area contributed by atoms with E-state index in [-0.39, 0.29) is 22.3 Å². The Morgan fingerprint density at radius 2 is 1.74 bits per heavy atom. The Morgan fingerprint density at radius 3 is 2.41 bits per heavy atom. The largest absolute Gasteiger partial charge is 0.493 e. The van der Waals surface area contributed by atoms with Crippen molar-refractivity contribution < 1.29 is 35.7 Å². The fraction of sp³-hybridized carbons (Fsp3) is 0.130. The molecule has 34 heavy (non-hydrogen) atoms. The van der Waals surface area contributed by atoms with Crippen molar-refractivity contribution in [2.75, 3.05) is 6.61 Å². The molecule has 0 atom stereocenters. The quantitative estimate of drug-likeness (QED) is 0.281. The third kappa shape index (κ3) is 5.80. The molecular formula is C23H19F3N2O5S. The number of benzene rings is 3.